The summed E-state index contributed by atoms with van der Waals surface area (Å²) in [5.74, 6) is 0. The summed E-state index contributed by atoms with van der Waals surface area (Å²) in [5, 5.41) is 4.91. The Morgan fingerprint density at radius 2 is 1.32 bits per heavy atom. The zero-order chi connectivity index (χ0) is 37.2. The van der Waals surface area contributed by atoms with Gasteiger partial charge in [0.25, 0.3) is 0 Å². The molecule has 0 aliphatic heterocycles. The van der Waals surface area contributed by atoms with Gasteiger partial charge >= 0.3 is 0 Å². The second-order valence-corrected chi connectivity index (χ2v) is 16.2. The molecular weight excluding hydrogens is 695 g/mol. The first kappa shape index (κ1) is 32.7. The van der Waals surface area contributed by atoms with E-state index < -0.39 is 0 Å². The number of benzene rings is 7. The van der Waals surface area contributed by atoms with Gasteiger partial charge in [-0.05, 0) is 113 Å². The van der Waals surface area contributed by atoms with Gasteiger partial charge in [0.1, 0.15) is 0 Å². The Morgan fingerprint density at radius 3 is 2.25 bits per heavy atom. The molecule has 264 valence electrons. The number of hydrogen-bond acceptors (Lipinski definition) is 2. The minimum Gasteiger partial charge on any atom is -0.314 e. The number of para-hydroxylation sites is 1. The Morgan fingerprint density at radius 1 is 0.589 bits per heavy atom. The highest BCUT2D eigenvalue weighted by molar-refractivity contribution is 7.25. The third-order valence-corrected chi connectivity index (χ3v) is 13.2. The summed E-state index contributed by atoms with van der Waals surface area (Å²) < 4.78 is 2.66. The van der Waals surface area contributed by atoms with Gasteiger partial charge in [-0.3, -0.25) is 0 Å². The zero-order valence-corrected chi connectivity index (χ0v) is 31.9. The summed E-state index contributed by atoms with van der Waals surface area (Å²) in [5.41, 5.74) is 14.6. The molecule has 56 heavy (non-hydrogen) atoms. The number of thiophene rings is 1. The SMILES string of the molecule is CC1(c2ccccc2)c2ccccc2-c2ccc(N(C3=CC(c4cccc5sc6ccccc6c45)=CCC3)c3ccccc3-c3c#cc4ccccc4c3)cc21. The molecule has 0 N–H and O–H groups in total. The molecule has 0 spiro atoms. The average molecular weight is 732 g/mol. The topological polar surface area (TPSA) is 3.24 Å². The lowest BCUT2D eigenvalue weighted by atomic mass is 9.74. The van der Waals surface area contributed by atoms with Crippen LogP contribution in [0.5, 0.6) is 0 Å². The van der Waals surface area contributed by atoms with Crippen LogP contribution in [0, 0.1) is 12.1 Å². The molecule has 0 saturated carbocycles. The highest BCUT2D eigenvalue weighted by Gasteiger charge is 2.41. The van der Waals surface area contributed by atoms with Crippen LogP contribution in [0.1, 0.15) is 42.0 Å². The van der Waals surface area contributed by atoms with Crippen LogP contribution in [0.15, 0.2) is 188 Å². The molecule has 1 aromatic heterocycles. The molecule has 2 aliphatic rings. The predicted octanol–water partition coefficient (Wildman–Crippen LogP) is 14.7. The van der Waals surface area contributed by atoms with Crippen LogP contribution in [0.4, 0.5) is 11.4 Å². The maximum atomic E-state index is 3.55. The van der Waals surface area contributed by atoms with Crippen LogP contribution in [-0.4, -0.2) is 0 Å². The molecular formula is C54H37NS. The van der Waals surface area contributed by atoms with Gasteiger partial charge in [-0.2, -0.15) is 0 Å². The van der Waals surface area contributed by atoms with E-state index in [2.05, 4.69) is 206 Å². The maximum Gasteiger partial charge on any atom is 0.0543 e. The van der Waals surface area contributed by atoms with Crippen molar-refractivity contribution in [2.45, 2.75) is 25.2 Å². The number of rotatable bonds is 6. The molecule has 0 radical (unpaired) electrons. The third-order valence-electron chi connectivity index (χ3n) is 12.0. The lowest BCUT2D eigenvalue weighted by Crippen LogP contribution is -2.23. The van der Waals surface area contributed by atoms with Crippen LogP contribution in [0.2, 0.25) is 0 Å². The van der Waals surface area contributed by atoms with Crippen molar-refractivity contribution in [3.05, 3.63) is 222 Å². The zero-order valence-electron chi connectivity index (χ0n) is 31.1. The largest absolute Gasteiger partial charge is 0.314 e. The van der Waals surface area contributed by atoms with E-state index in [9.17, 15) is 0 Å². The minimum atomic E-state index is -0.308. The first-order valence-electron chi connectivity index (χ1n) is 19.5. The molecule has 1 nitrogen and oxygen atoms in total. The summed E-state index contributed by atoms with van der Waals surface area (Å²) >= 11 is 1.88. The van der Waals surface area contributed by atoms with Gasteiger partial charge in [-0.15, -0.1) is 11.3 Å². The molecule has 1 heterocycles. The molecule has 8 aromatic carbocycles. The molecule has 1 unspecified atom stereocenters. The quantitative estimate of drug-likeness (QED) is 0.165. The van der Waals surface area contributed by atoms with E-state index in [1.807, 2.05) is 11.3 Å². The second-order valence-electron chi connectivity index (χ2n) is 15.1. The molecule has 0 bridgehead atoms. The van der Waals surface area contributed by atoms with Crippen LogP contribution < -0.4 is 4.90 Å². The van der Waals surface area contributed by atoms with E-state index >= 15 is 0 Å². The summed E-state index contributed by atoms with van der Waals surface area (Å²) in [7, 11) is 0. The normalized spacial score (nSPS) is 15.9. The Hall–Kier alpha value is -6.66. The second kappa shape index (κ2) is 13.0. The summed E-state index contributed by atoms with van der Waals surface area (Å²) in [6.45, 7) is 2.40. The predicted molar refractivity (Wildman–Crippen MR) is 238 cm³/mol. The molecule has 11 rings (SSSR count). The first-order valence-corrected chi connectivity index (χ1v) is 20.3. The summed E-state index contributed by atoms with van der Waals surface area (Å²) in [6, 6.07) is 69.4. The van der Waals surface area contributed by atoms with E-state index in [0.717, 1.165) is 46.1 Å². The van der Waals surface area contributed by atoms with E-state index in [1.54, 1.807) is 0 Å². The Bertz CT molecular complexity index is 3050. The van der Waals surface area contributed by atoms with Gasteiger partial charge < -0.3 is 4.90 Å². The van der Waals surface area contributed by atoms with Crippen LogP contribution in [-0.2, 0) is 5.41 Å². The van der Waals surface area contributed by atoms with Crippen molar-refractivity contribution < 1.29 is 0 Å². The molecule has 0 amide bonds. The van der Waals surface area contributed by atoms with E-state index in [-0.39, 0.29) is 5.41 Å². The fraction of sp³-hybridized carbons (Fsp3) is 0.0741. The Kier molecular flexibility index (Phi) is 7.59. The molecule has 9 aromatic rings. The van der Waals surface area contributed by atoms with Crippen molar-refractivity contribution >= 4 is 59.2 Å². The maximum absolute atomic E-state index is 3.55. The molecule has 0 saturated heterocycles. The monoisotopic (exact) mass is 731 g/mol. The van der Waals surface area contributed by atoms with Crippen LogP contribution in [0.25, 0.3) is 58.8 Å². The van der Waals surface area contributed by atoms with Gasteiger partial charge in [-0.25, -0.2) is 0 Å². The molecule has 0 fully saturated rings. The Labute approximate surface area is 332 Å². The number of fused-ring (bicyclic) bond motifs is 7. The van der Waals surface area contributed by atoms with Crippen molar-refractivity contribution in [1.82, 2.24) is 0 Å². The van der Waals surface area contributed by atoms with Crippen molar-refractivity contribution in [1.29, 1.82) is 0 Å². The van der Waals surface area contributed by atoms with E-state index in [1.165, 1.54) is 64.8 Å². The first-order chi connectivity index (χ1) is 27.6. The van der Waals surface area contributed by atoms with Crippen LogP contribution >= 0.6 is 11.3 Å². The molecule has 1 atom stereocenters. The molecule has 2 aliphatic carbocycles. The van der Waals surface area contributed by atoms with Gasteiger partial charge in [0.15, 0.2) is 0 Å². The fourth-order valence-corrected chi connectivity index (χ4v) is 10.5. The van der Waals surface area contributed by atoms with Gasteiger partial charge in [0, 0.05) is 53.5 Å². The lowest BCUT2D eigenvalue weighted by molar-refractivity contribution is 0.713. The standard InChI is InChI=1S/C54H37NS/c1-54(40-18-3-2-4-19-40)48-25-10-7-22-45(48)46-32-31-42(35-49(46)54)55(50-26-11-8-21-43(50)39-30-29-36-15-5-6-16-37(36)33-39)41-20-13-17-38(34-41)44-24-14-28-52-53(44)47-23-9-12-27-51(47)56-52/h2-12,14-19,21-28,31-35H,13,20H2,1H3. The van der Waals surface area contributed by atoms with Gasteiger partial charge in [0.05, 0.1) is 5.69 Å². The minimum absolute atomic E-state index is 0.308. The Balaban J connectivity index is 1.14. The smallest absolute Gasteiger partial charge is 0.0543 e. The van der Waals surface area contributed by atoms with Crippen molar-refractivity contribution in [2.75, 3.05) is 4.90 Å². The lowest BCUT2D eigenvalue weighted by Gasteiger charge is -2.33. The number of allylic oxidation sites excluding steroid dienone is 4. The van der Waals surface area contributed by atoms with Gasteiger partial charge in [-0.1, -0.05) is 146 Å². The third kappa shape index (κ3) is 5.09. The summed E-state index contributed by atoms with van der Waals surface area (Å²) in [6.07, 6.45) is 6.76. The highest BCUT2D eigenvalue weighted by Crippen LogP contribution is 2.54. The van der Waals surface area contributed by atoms with Crippen molar-refractivity contribution in [3.63, 3.8) is 0 Å². The summed E-state index contributed by atoms with van der Waals surface area (Å²) in [4.78, 5) is 2.53. The number of anilines is 2. The van der Waals surface area contributed by atoms with Crippen LogP contribution in [0.3, 0.4) is 0 Å². The average Bonchev–Trinajstić information content (AvgIpc) is 3.77. The number of hydrogen-bond donors (Lipinski definition) is 0. The number of nitrogens with zero attached hydrogens (tertiary/aromatic N) is 1. The fourth-order valence-electron chi connectivity index (χ4n) is 9.33. The molecule has 2 heteroatoms. The van der Waals surface area contributed by atoms with Gasteiger partial charge in [0.2, 0.25) is 0 Å². The van der Waals surface area contributed by atoms with Crippen molar-refractivity contribution in [2.24, 2.45) is 0 Å². The van der Waals surface area contributed by atoms with Crippen molar-refractivity contribution in [3.8, 4) is 22.3 Å². The highest BCUT2D eigenvalue weighted by atomic mass is 32.1. The van der Waals surface area contributed by atoms with E-state index in [4.69, 9.17) is 0 Å². The van der Waals surface area contributed by atoms with E-state index in [0.29, 0.717) is 0 Å².